The molecule has 0 aromatic heterocycles. The van der Waals surface area contributed by atoms with E-state index in [0.29, 0.717) is 13.0 Å². The molecule has 0 fully saturated rings. The van der Waals surface area contributed by atoms with Crippen molar-refractivity contribution in [3.05, 3.63) is 23.8 Å². The van der Waals surface area contributed by atoms with Gasteiger partial charge in [-0.25, -0.2) is 17.9 Å². The average molecular weight is 289 g/mol. The average Bonchev–Trinajstić information content (AvgIpc) is 2.34. The Kier molecular flexibility index (Phi) is 5.28. The smallest absolute Gasteiger partial charge is 0.339 e. The largest absolute Gasteiger partial charge is 0.507 e. The highest BCUT2D eigenvalue weighted by atomic mass is 32.2. The van der Waals surface area contributed by atoms with Gasteiger partial charge in [0, 0.05) is 20.3 Å². The lowest BCUT2D eigenvalue weighted by atomic mass is 10.2. The minimum absolute atomic E-state index is 0.180. The Hall–Kier alpha value is -1.64. The maximum atomic E-state index is 11.9. The van der Waals surface area contributed by atoms with Gasteiger partial charge in [0.05, 0.1) is 4.90 Å². The fraction of sp³-hybridized carbons (Fsp3) is 0.364. The standard InChI is InChI=1S/C11H15NO6S/c1-18-6-2-5-12-19(16,17)8-3-4-10(13)9(7-8)11(14)15/h3-4,7,12-13H,2,5-6H2,1H3,(H,14,15). The van der Waals surface area contributed by atoms with Crippen molar-refractivity contribution < 1.29 is 28.2 Å². The highest BCUT2D eigenvalue weighted by molar-refractivity contribution is 7.89. The number of nitrogens with one attached hydrogen (secondary N) is 1. The molecule has 0 aliphatic heterocycles. The van der Waals surface area contributed by atoms with E-state index >= 15 is 0 Å². The number of aromatic carboxylic acids is 1. The van der Waals surface area contributed by atoms with Crippen LogP contribution >= 0.6 is 0 Å². The third kappa shape index (κ3) is 4.19. The van der Waals surface area contributed by atoms with Gasteiger partial charge in [-0.05, 0) is 24.6 Å². The molecule has 106 valence electrons. The Balaban J connectivity index is 2.89. The summed E-state index contributed by atoms with van der Waals surface area (Å²) >= 11 is 0. The molecule has 1 aromatic rings. The Labute approximate surface area is 110 Å². The molecule has 7 nitrogen and oxygen atoms in total. The maximum absolute atomic E-state index is 11.9. The summed E-state index contributed by atoms with van der Waals surface area (Å²) in [5.74, 6) is -1.88. The molecular weight excluding hydrogens is 274 g/mol. The molecule has 1 aromatic carbocycles. The number of methoxy groups -OCH3 is 1. The van der Waals surface area contributed by atoms with Crippen molar-refractivity contribution in [2.24, 2.45) is 0 Å². The Morgan fingerprint density at radius 1 is 1.42 bits per heavy atom. The van der Waals surface area contributed by atoms with Gasteiger partial charge in [-0.1, -0.05) is 0 Å². The number of aromatic hydroxyl groups is 1. The predicted molar refractivity (Wildman–Crippen MR) is 66.7 cm³/mol. The first-order valence-electron chi connectivity index (χ1n) is 5.43. The number of hydrogen-bond acceptors (Lipinski definition) is 5. The molecule has 0 amide bonds. The van der Waals surface area contributed by atoms with E-state index in [2.05, 4.69) is 4.72 Å². The molecule has 0 unspecified atom stereocenters. The van der Waals surface area contributed by atoms with Crippen molar-refractivity contribution in [3.8, 4) is 5.75 Å². The van der Waals surface area contributed by atoms with Crippen molar-refractivity contribution >= 4 is 16.0 Å². The molecule has 0 radical (unpaired) electrons. The van der Waals surface area contributed by atoms with E-state index in [1.165, 1.54) is 7.11 Å². The van der Waals surface area contributed by atoms with Crippen LogP contribution in [0.4, 0.5) is 0 Å². The summed E-state index contributed by atoms with van der Waals surface area (Å²) < 4.78 is 30.8. The molecule has 0 saturated carbocycles. The third-order valence-electron chi connectivity index (χ3n) is 2.33. The lowest BCUT2D eigenvalue weighted by Crippen LogP contribution is -2.25. The molecule has 0 saturated heterocycles. The minimum atomic E-state index is -3.79. The predicted octanol–water partition coefficient (Wildman–Crippen LogP) is 0.405. The summed E-state index contributed by atoms with van der Waals surface area (Å²) in [5.41, 5.74) is -0.459. The zero-order chi connectivity index (χ0) is 14.5. The van der Waals surface area contributed by atoms with E-state index in [-0.39, 0.29) is 11.4 Å². The van der Waals surface area contributed by atoms with Crippen molar-refractivity contribution in [1.82, 2.24) is 4.72 Å². The van der Waals surface area contributed by atoms with Crippen LogP contribution in [0.3, 0.4) is 0 Å². The van der Waals surface area contributed by atoms with Gasteiger partial charge in [-0.15, -0.1) is 0 Å². The van der Waals surface area contributed by atoms with Crippen LogP contribution in [-0.4, -0.2) is 44.9 Å². The van der Waals surface area contributed by atoms with Gasteiger partial charge in [-0.2, -0.15) is 0 Å². The Bertz CT molecular complexity index is 554. The van der Waals surface area contributed by atoms with E-state index in [1.807, 2.05) is 0 Å². The Morgan fingerprint density at radius 3 is 2.68 bits per heavy atom. The molecule has 1 rings (SSSR count). The molecule has 0 aliphatic rings. The fourth-order valence-electron chi connectivity index (χ4n) is 1.36. The summed E-state index contributed by atoms with van der Waals surface area (Å²) in [5, 5.41) is 18.1. The van der Waals surface area contributed by atoms with Crippen LogP contribution in [0.15, 0.2) is 23.1 Å². The summed E-state index contributed by atoms with van der Waals surface area (Å²) in [6.07, 6.45) is 0.500. The van der Waals surface area contributed by atoms with Crippen molar-refractivity contribution in [3.63, 3.8) is 0 Å². The number of sulfonamides is 1. The second-order valence-corrected chi connectivity index (χ2v) is 5.50. The monoisotopic (exact) mass is 289 g/mol. The molecular formula is C11H15NO6S. The third-order valence-corrected chi connectivity index (χ3v) is 3.78. The lowest BCUT2D eigenvalue weighted by molar-refractivity contribution is 0.0693. The zero-order valence-electron chi connectivity index (χ0n) is 10.3. The molecule has 0 spiro atoms. The van der Waals surface area contributed by atoms with Crippen molar-refractivity contribution in [1.29, 1.82) is 0 Å². The minimum Gasteiger partial charge on any atom is -0.507 e. The van der Waals surface area contributed by atoms with Crippen molar-refractivity contribution in [2.45, 2.75) is 11.3 Å². The van der Waals surface area contributed by atoms with Gasteiger partial charge in [-0.3, -0.25) is 0 Å². The summed E-state index contributed by atoms with van der Waals surface area (Å²) in [6, 6.07) is 3.09. The van der Waals surface area contributed by atoms with Crippen LogP contribution in [0.25, 0.3) is 0 Å². The number of rotatable bonds is 7. The van der Waals surface area contributed by atoms with E-state index in [0.717, 1.165) is 18.2 Å². The SMILES string of the molecule is COCCCNS(=O)(=O)c1ccc(O)c(C(=O)O)c1. The summed E-state index contributed by atoms with van der Waals surface area (Å²) in [6.45, 7) is 0.595. The number of hydrogen-bond donors (Lipinski definition) is 3. The van der Waals surface area contributed by atoms with Gasteiger partial charge in [0.2, 0.25) is 10.0 Å². The van der Waals surface area contributed by atoms with Gasteiger partial charge in [0.25, 0.3) is 0 Å². The van der Waals surface area contributed by atoms with Gasteiger partial charge in [0.15, 0.2) is 0 Å². The van der Waals surface area contributed by atoms with Gasteiger partial charge < -0.3 is 14.9 Å². The van der Waals surface area contributed by atoms with E-state index in [4.69, 9.17) is 9.84 Å². The van der Waals surface area contributed by atoms with Crippen molar-refractivity contribution in [2.75, 3.05) is 20.3 Å². The highest BCUT2D eigenvalue weighted by Gasteiger charge is 2.18. The number of carbonyl (C=O) groups is 1. The lowest BCUT2D eigenvalue weighted by Gasteiger charge is -2.08. The molecule has 0 heterocycles. The summed E-state index contributed by atoms with van der Waals surface area (Å²) in [7, 11) is -2.29. The first-order chi connectivity index (χ1) is 8.88. The fourth-order valence-corrected chi connectivity index (χ4v) is 2.46. The molecule has 0 atom stereocenters. The molecule has 8 heteroatoms. The molecule has 0 bridgehead atoms. The van der Waals surface area contributed by atoms with E-state index < -0.39 is 27.3 Å². The number of phenols is 1. The topological polar surface area (TPSA) is 113 Å². The molecule has 19 heavy (non-hydrogen) atoms. The van der Waals surface area contributed by atoms with Crippen LogP contribution in [-0.2, 0) is 14.8 Å². The van der Waals surface area contributed by atoms with Crippen LogP contribution in [0.2, 0.25) is 0 Å². The second-order valence-electron chi connectivity index (χ2n) is 3.73. The van der Waals surface area contributed by atoms with E-state index in [9.17, 15) is 18.3 Å². The first kappa shape index (κ1) is 15.4. The first-order valence-corrected chi connectivity index (χ1v) is 6.91. The van der Waals surface area contributed by atoms with Crippen LogP contribution in [0.5, 0.6) is 5.75 Å². The van der Waals surface area contributed by atoms with Crippen LogP contribution < -0.4 is 4.72 Å². The summed E-state index contributed by atoms with van der Waals surface area (Å²) in [4.78, 5) is 10.6. The van der Waals surface area contributed by atoms with E-state index in [1.54, 1.807) is 0 Å². The highest BCUT2D eigenvalue weighted by Crippen LogP contribution is 2.21. The van der Waals surface area contributed by atoms with Gasteiger partial charge in [0.1, 0.15) is 11.3 Å². The number of carboxylic acids is 1. The van der Waals surface area contributed by atoms with Crippen LogP contribution in [0, 0.1) is 0 Å². The number of ether oxygens (including phenoxy) is 1. The second kappa shape index (κ2) is 6.50. The normalized spacial score (nSPS) is 11.4. The number of benzene rings is 1. The Morgan fingerprint density at radius 2 is 2.11 bits per heavy atom. The number of carboxylic acid groups (broad SMARTS) is 1. The molecule has 3 N–H and O–H groups in total. The van der Waals surface area contributed by atoms with Crippen LogP contribution in [0.1, 0.15) is 16.8 Å². The van der Waals surface area contributed by atoms with Gasteiger partial charge >= 0.3 is 5.97 Å². The maximum Gasteiger partial charge on any atom is 0.339 e. The quantitative estimate of drug-likeness (QED) is 0.626. The molecule has 0 aliphatic carbocycles. The zero-order valence-corrected chi connectivity index (χ0v) is 11.1.